The fraction of sp³-hybridized carbons (Fsp3) is 0.519. The first-order valence-corrected chi connectivity index (χ1v) is 14.5. The van der Waals surface area contributed by atoms with Crippen molar-refractivity contribution in [1.29, 1.82) is 0 Å². The molecular weight excluding hydrogens is 476 g/mol. The van der Waals surface area contributed by atoms with Crippen LogP contribution in [-0.2, 0) is 10.0 Å². The zero-order valence-corrected chi connectivity index (χ0v) is 22.5. The molecule has 1 aliphatic heterocycles. The first-order valence-electron chi connectivity index (χ1n) is 12.9. The first-order chi connectivity index (χ1) is 17.3. The minimum atomic E-state index is -4.19. The summed E-state index contributed by atoms with van der Waals surface area (Å²) in [5.74, 6) is 0.431. The van der Waals surface area contributed by atoms with Gasteiger partial charge in [0.2, 0.25) is 10.0 Å². The van der Waals surface area contributed by atoms with E-state index in [1.807, 2.05) is 18.2 Å². The SMILES string of the molecule is CCCCN(CCCC)c1cc(C(=O)N(C)C2CCCNC2)cc(S(N)(=O)=O)c1Oc1ccccc1. The number of amides is 1. The highest BCUT2D eigenvalue weighted by molar-refractivity contribution is 7.89. The summed E-state index contributed by atoms with van der Waals surface area (Å²) >= 11 is 0. The van der Waals surface area contributed by atoms with Crippen LogP contribution in [0.4, 0.5) is 5.69 Å². The van der Waals surface area contributed by atoms with Crippen LogP contribution in [0.15, 0.2) is 47.4 Å². The van der Waals surface area contributed by atoms with E-state index in [-0.39, 0.29) is 22.6 Å². The fourth-order valence-electron chi connectivity index (χ4n) is 4.45. The number of nitrogens with one attached hydrogen (secondary N) is 1. The van der Waals surface area contributed by atoms with Gasteiger partial charge in [-0.1, -0.05) is 44.9 Å². The predicted octanol–water partition coefficient (Wildman–Crippen LogP) is 4.36. The number of sulfonamides is 1. The molecule has 9 heteroatoms. The smallest absolute Gasteiger partial charge is 0.254 e. The maximum Gasteiger partial charge on any atom is 0.254 e. The number of carbonyl (C=O) groups excluding carboxylic acids is 1. The summed E-state index contributed by atoms with van der Waals surface area (Å²) in [6, 6.07) is 12.2. The highest BCUT2D eigenvalue weighted by atomic mass is 32.2. The van der Waals surface area contributed by atoms with Crippen molar-refractivity contribution in [3.05, 3.63) is 48.0 Å². The molecule has 2 aromatic rings. The van der Waals surface area contributed by atoms with Crippen molar-refractivity contribution in [2.24, 2.45) is 5.14 Å². The average Bonchev–Trinajstić information content (AvgIpc) is 2.88. The first kappa shape index (κ1) is 28.0. The van der Waals surface area contributed by atoms with Crippen molar-refractivity contribution in [1.82, 2.24) is 10.2 Å². The van der Waals surface area contributed by atoms with Crippen molar-refractivity contribution in [3.63, 3.8) is 0 Å². The van der Waals surface area contributed by atoms with Gasteiger partial charge in [-0.2, -0.15) is 0 Å². The zero-order chi connectivity index (χ0) is 26.1. The Bertz CT molecular complexity index is 1090. The lowest BCUT2D eigenvalue weighted by atomic mass is 10.0. The molecule has 0 spiro atoms. The Kier molecular flexibility index (Phi) is 10.2. The summed E-state index contributed by atoms with van der Waals surface area (Å²) in [6.07, 6.45) is 5.70. The quantitative estimate of drug-likeness (QED) is 0.434. The minimum Gasteiger partial charge on any atom is -0.454 e. The fourth-order valence-corrected chi connectivity index (χ4v) is 5.15. The molecule has 2 aromatic carbocycles. The number of primary sulfonamides is 1. The third-order valence-electron chi connectivity index (χ3n) is 6.59. The molecular formula is C27H40N4O4S. The maximum atomic E-state index is 13.6. The van der Waals surface area contributed by atoms with Crippen LogP contribution in [0.3, 0.4) is 0 Å². The average molecular weight is 517 g/mol. The van der Waals surface area contributed by atoms with E-state index < -0.39 is 10.0 Å². The van der Waals surface area contributed by atoms with E-state index in [0.717, 1.165) is 45.1 Å². The number of rotatable bonds is 12. The molecule has 1 saturated heterocycles. The topological polar surface area (TPSA) is 105 Å². The third kappa shape index (κ3) is 7.21. The number of hydrogen-bond acceptors (Lipinski definition) is 6. The zero-order valence-electron chi connectivity index (χ0n) is 21.7. The number of anilines is 1. The van der Waals surface area contributed by atoms with E-state index in [9.17, 15) is 13.2 Å². The molecule has 198 valence electrons. The van der Waals surface area contributed by atoms with E-state index in [4.69, 9.17) is 9.88 Å². The second-order valence-corrected chi connectivity index (χ2v) is 10.9. The van der Waals surface area contributed by atoms with Gasteiger partial charge >= 0.3 is 0 Å². The van der Waals surface area contributed by atoms with Gasteiger partial charge in [0.15, 0.2) is 5.75 Å². The van der Waals surface area contributed by atoms with E-state index >= 15 is 0 Å². The summed E-state index contributed by atoms with van der Waals surface area (Å²) in [5.41, 5.74) is 0.867. The van der Waals surface area contributed by atoms with Gasteiger partial charge in [0.25, 0.3) is 5.91 Å². The Labute approximate surface area is 215 Å². The molecule has 3 N–H and O–H groups in total. The maximum absolute atomic E-state index is 13.6. The van der Waals surface area contributed by atoms with Crippen molar-refractivity contribution in [2.75, 3.05) is 38.1 Å². The second-order valence-electron chi connectivity index (χ2n) is 9.39. The van der Waals surface area contributed by atoms with Gasteiger partial charge in [0.1, 0.15) is 10.6 Å². The van der Waals surface area contributed by atoms with Crippen molar-refractivity contribution >= 4 is 21.6 Å². The summed E-state index contributed by atoms with van der Waals surface area (Å²) < 4.78 is 31.9. The van der Waals surface area contributed by atoms with Gasteiger partial charge < -0.3 is 19.9 Å². The van der Waals surface area contributed by atoms with E-state index in [2.05, 4.69) is 24.1 Å². The summed E-state index contributed by atoms with van der Waals surface area (Å²) in [6.45, 7) is 7.31. The standard InChI is InChI=1S/C27H40N4O4S/c1-4-6-16-31(17-7-5-2)24-18-21(27(32)30(3)22-12-11-15-29-20-22)19-25(36(28,33)34)26(24)35-23-13-9-8-10-14-23/h8-10,13-14,18-19,22,29H,4-7,11-12,15-17,20H2,1-3H3,(H2,28,33,34). The van der Waals surface area contributed by atoms with Gasteiger partial charge in [-0.3, -0.25) is 4.79 Å². The van der Waals surface area contributed by atoms with Gasteiger partial charge in [-0.05, 0) is 56.5 Å². The van der Waals surface area contributed by atoms with Crippen LogP contribution in [0.1, 0.15) is 62.7 Å². The Morgan fingerprint density at radius 1 is 1.11 bits per heavy atom. The monoisotopic (exact) mass is 516 g/mol. The molecule has 1 atom stereocenters. The number of para-hydroxylation sites is 1. The molecule has 0 saturated carbocycles. The Morgan fingerprint density at radius 3 is 2.33 bits per heavy atom. The number of nitrogens with two attached hydrogens (primary N) is 1. The Morgan fingerprint density at radius 2 is 1.78 bits per heavy atom. The molecule has 8 nitrogen and oxygen atoms in total. The highest BCUT2D eigenvalue weighted by Crippen LogP contribution is 2.40. The Hall–Kier alpha value is -2.62. The van der Waals surface area contributed by atoms with Crippen molar-refractivity contribution in [3.8, 4) is 11.5 Å². The summed E-state index contributed by atoms with van der Waals surface area (Å²) in [5, 5.41) is 9.04. The molecule has 1 unspecified atom stereocenters. The third-order valence-corrected chi connectivity index (χ3v) is 7.51. The van der Waals surface area contributed by atoms with Crippen LogP contribution in [0, 0.1) is 0 Å². The largest absolute Gasteiger partial charge is 0.454 e. The van der Waals surface area contributed by atoms with E-state index in [1.54, 1.807) is 30.1 Å². The van der Waals surface area contributed by atoms with Crippen LogP contribution in [0.5, 0.6) is 11.5 Å². The molecule has 0 aliphatic carbocycles. The lowest BCUT2D eigenvalue weighted by Gasteiger charge is -2.33. The molecule has 1 heterocycles. The summed E-state index contributed by atoms with van der Waals surface area (Å²) in [4.78, 5) is 17.2. The predicted molar refractivity (Wildman–Crippen MR) is 144 cm³/mol. The van der Waals surface area contributed by atoms with Gasteiger partial charge in [0, 0.05) is 38.3 Å². The lowest BCUT2D eigenvalue weighted by Crippen LogP contribution is -2.46. The van der Waals surface area contributed by atoms with Crippen LogP contribution in [-0.4, -0.2) is 58.5 Å². The van der Waals surface area contributed by atoms with Crippen LogP contribution in [0.25, 0.3) is 0 Å². The molecule has 1 amide bonds. The second kappa shape index (κ2) is 13.1. The van der Waals surface area contributed by atoms with E-state index in [0.29, 0.717) is 36.6 Å². The summed E-state index contributed by atoms with van der Waals surface area (Å²) in [7, 11) is -2.42. The minimum absolute atomic E-state index is 0.0455. The van der Waals surface area contributed by atoms with Crippen LogP contribution >= 0.6 is 0 Å². The number of piperidine rings is 1. The molecule has 0 aromatic heterocycles. The number of ether oxygens (including phenoxy) is 1. The molecule has 1 aliphatic rings. The normalized spacial score (nSPS) is 15.9. The molecule has 0 radical (unpaired) electrons. The van der Waals surface area contributed by atoms with Crippen molar-refractivity contribution in [2.45, 2.75) is 63.3 Å². The molecule has 1 fully saturated rings. The number of likely N-dealkylation sites (N-methyl/N-ethyl adjacent to an activating group) is 1. The van der Waals surface area contributed by atoms with Crippen molar-refractivity contribution < 1.29 is 17.9 Å². The van der Waals surface area contributed by atoms with Gasteiger partial charge in [0.05, 0.1) is 5.69 Å². The van der Waals surface area contributed by atoms with Crippen LogP contribution < -0.4 is 20.1 Å². The van der Waals surface area contributed by atoms with E-state index in [1.165, 1.54) is 6.07 Å². The number of hydrogen-bond donors (Lipinski definition) is 2. The van der Waals surface area contributed by atoms with Crippen LogP contribution in [0.2, 0.25) is 0 Å². The molecule has 0 bridgehead atoms. The molecule has 36 heavy (non-hydrogen) atoms. The van der Waals surface area contributed by atoms with Gasteiger partial charge in [-0.15, -0.1) is 0 Å². The lowest BCUT2D eigenvalue weighted by molar-refractivity contribution is 0.0708. The highest BCUT2D eigenvalue weighted by Gasteiger charge is 2.29. The number of carbonyl (C=O) groups is 1. The number of nitrogens with zero attached hydrogens (tertiary/aromatic N) is 2. The van der Waals surface area contributed by atoms with Gasteiger partial charge in [-0.25, -0.2) is 13.6 Å². The molecule has 3 rings (SSSR count). The Balaban J connectivity index is 2.16. The number of unbranched alkanes of at least 4 members (excludes halogenated alkanes) is 2. The number of benzene rings is 2.